The van der Waals surface area contributed by atoms with E-state index in [0.717, 1.165) is 24.0 Å². The maximum atomic E-state index is 11.1. The third kappa shape index (κ3) is 1.21. The van der Waals surface area contributed by atoms with Crippen molar-refractivity contribution in [2.75, 3.05) is 0 Å². The molecule has 0 amide bonds. The molecule has 1 aromatic rings. The molecule has 14 heavy (non-hydrogen) atoms. The highest BCUT2D eigenvalue weighted by molar-refractivity contribution is 5.77. The van der Waals surface area contributed by atoms with Crippen LogP contribution >= 0.6 is 0 Å². The van der Waals surface area contributed by atoms with Crippen LogP contribution in [0.25, 0.3) is 0 Å². The van der Waals surface area contributed by atoms with E-state index in [0.29, 0.717) is 6.42 Å². The third-order valence-electron chi connectivity index (χ3n) is 2.97. The van der Waals surface area contributed by atoms with Crippen molar-refractivity contribution in [3.8, 4) is 0 Å². The van der Waals surface area contributed by atoms with Crippen LogP contribution in [0.3, 0.4) is 0 Å². The average molecular weight is 191 g/mol. The van der Waals surface area contributed by atoms with Gasteiger partial charge in [-0.2, -0.15) is 0 Å². The molecule has 1 aliphatic rings. The highest BCUT2D eigenvalue weighted by Crippen LogP contribution is 2.31. The van der Waals surface area contributed by atoms with Gasteiger partial charge in [-0.05, 0) is 18.4 Å². The SMILES string of the molecule is [NH3+][C@]1(C(=O)[O-])CCCc2ccccc21. The summed E-state index contributed by atoms with van der Waals surface area (Å²) in [6.07, 6.45) is 2.39. The zero-order chi connectivity index (χ0) is 10.2. The Labute approximate surface area is 82.5 Å². The zero-order valence-electron chi connectivity index (χ0n) is 7.95. The van der Waals surface area contributed by atoms with Gasteiger partial charge in [-0.1, -0.05) is 24.3 Å². The van der Waals surface area contributed by atoms with Crippen molar-refractivity contribution in [1.29, 1.82) is 0 Å². The smallest absolute Gasteiger partial charge is 0.160 e. The van der Waals surface area contributed by atoms with Crippen molar-refractivity contribution in [3.63, 3.8) is 0 Å². The van der Waals surface area contributed by atoms with Gasteiger partial charge in [0, 0.05) is 12.0 Å². The highest BCUT2D eigenvalue weighted by Gasteiger charge is 2.37. The van der Waals surface area contributed by atoms with E-state index in [4.69, 9.17) is 0 Å². The second-order valence-electron chi connectivity index (χ2n) is 3.88. The summed E-state index contributed by atoms with van der Waals surface area (Å²) in [7, 11) is 0. The Bertz CT molecular complexity index is 375. The molecule has 0 bridgehead atoms. The van der Waals surface area contributed by atoms with Crippen molar-refractivity contribution in [2.45, 2.75) is 24.8 Å². The predicted molar refractivity (Wildman–Crippen MR) is 49.0 cm³/mol. The number of fused-ring (bicyclic) bond motifs is 1. The van der Waals surface area contributed by atoms with Crippen LogP contribution in [0.15, 0.2) is 24.3 Å². The minimum atomic E-state index is -1.07. The van der Waals surface area contributed by atoms with Gasteiger partial charge < -0.3 is 15.6 Å². The molecule has 0 fully saturated rings. The third-order valence-corrected chi connectivity index (χ3v) is 2.97. The van der Waals surface area contributed by atoms with E-state index >= 15 is 0 Å². The predicted octanol–water partition coefficient (Wildman–Crippen LogP) is -0.790. The van der Waals surface area contributed by atoms with Crippen molar-refractivity contribution >= 4 is 5.97 Å². The lowest BCUT2D eigenvalue weighted by atomic mass is 9.77. The largest absolute Gasteiger partial charge is 0.543 e. The van der Waals surface area contributed by atoms with E-state index in [1.807, 2.05) is 24.3 Å². The summed E-state index contributed by atoms with van der Waals surface area (Å²) in [6, 6.07) is 7.60. The number of rotatable bonds is 1. The number of quaternary nitrogens is 1. The van der Waals surface area contributed by atoms with E-state index in [9.17, 15) is 9.90 Å². The Kier molecular flexibility index (Phi) is 2.04. The van der Waals surface area contributed by atoms with Gasteiger partial charge in [0.2, 0.25) is 0 Å². The molecule has 0 spiro atoms. The lowest BCUT2D eigenvalue weighted by Gasteiger charge is -2.32. The molecule has 0 unspecified atom stereocenters. The van der Waals surface area contributed by atoms with Crippen molar-refractivity contribution < 1.29 is 15.6 Å². The van der Waals surface area contributed by atoms with Crippen LogP contribution in [-0.4, -0.2) is 5.97 Å². The second-order valence-corrected chi connectivity index (χ2v) is 3.88. The lowest BCUT2D eigenvalue weighted by molar-refractivity contribution is -0.498. The summed E-state index contributed by atoms with van der Waals surface area (Å²) in [4.78, 5) is 11.1. The minimum Gasteiger partial charge on any atom is -0.543 e. The maximum Gasteiger partial charge on any atom is 0.160 e. The summed E-state index contributed by atoms with van der Waals surface area (Å²) < 4.78 is 0. The molecule has 1 atom stereocenters. The molecular weight excluding hydrogens is 178 g/mol. The van der Waals surface area contributed by atoms with E-state index in [-0.39, 0.29) is 0 Å². The first-order valence-electron chi connectivity index (χ1n) is 4.80. The second kappa shape index (κ2) is 3.10. The topological polar surface area (TPSA) is 67.8 Å². The van der Waals surface area contributed by atoms with Crippen LogP contribution in [0.1, 0.15) is 24.0 Å². The normalized spacial score (nSPS) is 25.5. The van der Waals surface area contributed by atoms with Gasteiger partial charge in [0.1, 0.15) is 5.97 Å². The Hall–Kier alpha value is -1.35. The standard InChI is InChI=1S/C11H13NO2/c12-11(10(13)14)7-3-5-8-4-1-2-6-9(8)11/h1-2,4,6H,3,5,7,12H2,(H,13,14)/t11-/m1/s1. The molecule has 74 valence electrons. The molecule has 0 saturated carbocycles. The fourth-order valence-electron chi connectivity index (χ4n) is 2.13. The Morgan fingerprint density at radius 3 is 2.86 bits per heavy atom. The molecule has 0 aromatic heterocycles. The van der Waals surface area contributed by atoms with Crippen LogP contribution in [0, 0.1) is 0 Å². The number of benzene rings is 1. The molecule has 3 heteroatoms. The summed E-state index contributed by atoms with van der Waals surface area (Å²) in [5, 5.41) is 11.1. The minimum absolute atomic E-state index is 0.576. The van der Waals surface area contributed by atoms with E-state index in [1.54, 1.807) is 0 Å². The molecule has 0 aliphatic heterocycles. The molecule has 1 aromatic carbocycles. The summed E-state index contributed by atoms with van der Waals surface area (Å²) >= 11 is 0. The van der Waals surface area contributed by atoms with Gasteiger partial charge in [-0.15, -0.1) is 0 Å². The Balaban J connectivity index is 2.55. The van der Waals surface area contributed by atoms with Crippen LogP contribution < -0.4 is 10.8 Å². The monoisotopic (exact) mass is 191 g/mol. The molecular formula is C11H13NO2. The number of carboxylic acid groups (broad SMARTS) is 1. The molecule has 2 rings (SSSR count). The molecule has 1 aliphatic carbocycles. The summed E-state index contributed by atoms with van der Waals surface area (Å²) in [5.41, 5.74) is 4.70. The number of carbonyl (C=O) groups excluding carboxylic acids is 1. The van der Waals surface area contributed by atoms with Gasteiger partial charge in [0.25, 0.3) is 0 Å². The van der Waals surface area contributed by atoms with Crippen LogP contribution in [0.5, 0.6) is 0 Å². The average Bonchev–Trinajstić information content (AvgIpc) is 2.18. The number of aliphatic carboxylic acids is 1. The molecule has 3 N–H and O–H groups in total. The first-order chi connectivity index (χ1) is 6.64. The van der Waals surface area contributed by atoms with Crippen LogP contribution in [-0.2, 0) is 16.8 Å². The fourth-order valence-corrected chi connectivity index (χ4v) is 2.13. The fraction of sp³-hybridized carbons (Fsp3) is 0.364. The van der Waals surface area contributed by atoms with E-state index < -0.39 is 11.5 Å². The van der Waals surface area contributed by atoms with Crippen molar-refractivity contribution in [1.82, 2.24) is 0 Å². The van der Waals surface area contributed by atoms with Crippen LogP contribution in [0.4, 0.5) is 0 Å². The van der Waals surface area contributed by atoms with Crippen LogP contribution in [0.2, 0.25) is 0 Å². The van der Waals surface area contributed by atoms with Gasteiger partial charge in [0.15, 0.2) is 5.54 Å². The molecule has 3 nitrogen and oxygen atoms in total. The maximum absolute atomic E-state index is 11.1. The molecule has 0 radical (unpaired) electrons. The number of hydrogen-bond acceptors (Lipinski definition) is 2. The van der Waals surface area contributed by atoms with E-state index in [2.05, 4.69) is 5.73 Å². The first-order valence-corrected chi connectivity index (χ1v) is 4.80. The number of carbonyl (C=O) groups is 1. The summed E-state index contributed by atoms with van der Waals surface area (Å²) in [6.45, 7) is 0. The Morgan fingerprint density at radius 2 is 2.14 bits per heavy atom. The van der Waals surface area contributed by atoms with Gasteiger partial charge in [0.05, 0.1) is 0 Å². The zero-order valence-corrected chi connectivity index (χ0v) is 7.95. The quantitative estimate of drug-likeness (QED) is 0.632. The molecule has 0 heterocycles. The highest BCUT2D eigenvalue weighted by atomic mass is 16.4. The van der Waals surface area contributed by atoms with Gasteiger partial charge in [-0.25, -0.2) is 0 Å². The number of carboxylic acids is 1. The molecule has 0 saturated heterocycles. The number of aryl methyl sites for hydroxylation is 1. The van der Waals surface area contributed by atoms with Gasteiger partial charge >= 0.3 is 0 Å². The lowest BCUT2D eigenvalue weighted by Crippen LogP contribution is -2.77. The summed E-state index contributed by atoms with van der Waals surface area (Å²) in [5.74, 6) is -1.07. The van der Waals surface area contributed by atoms with Crippen molar-refractivity contribution in [2.24, 2.45) is 0 Å². The Morgan fingerprint density at radius 1 is 1.43 bits per heavy atom. The van der Waals surface area contributed by atoms with Crippen molar-refractivity contribution in [3.05, 3.63) is 35.4 Å². The first kappa shape index (κ1) is 9.21. The number of hydrogen-bond donors (Lipinski definition) is 1. The van der Waals surface area contributed by atoms with E-state index in [1.165, 1.54) is 0 Å². The van der Waals surface area contributed by atoms with Gasteiger partial charge in [-0.3, -0.25) is 0 Å².